The maximum Gasteiger partial charge on any atom is 0.156 e. The summed E-state index contributed by atoms with van der Waals surface area (Å²) in [5, 5.41) is 5.44. The molecule has 0 saturated carbocycles. The van der Waals surface area contributed by atoms with Crippen molar-refractivity contribution in [2.24, 2.45) is 4.99 Å². The predicted octanol–water partition coefficient (Wildman–Crippen LogP) is 2.09. The van der Waals surface area contributed by atoms with Crippen molar-refractivity contribution in [3.05, 3.63) is 29.2 Å². The monoisotopic (exact) mass is 234 g/mol. The fourth-order valence-corrected chi connectivity index (χ4v) is 2.15. The third kappa shape index (κ3) is 1.82. The quantitative estimate of drug-likeness (QED) is 0.560. The van der Waals surface area contributed by atoms with Gasteiger partial charge in [-0.3, -0.25) is 4.99 Å². The fourth-order valence-electron chi connectivity index (χ4n) is 1.66. The van der Waals surface area contributed by atoms with Gasteiger partial charge < -0.3 is 0 Å². The van der Waals surface area contributed by atoms with E-state index in [0.29, 0.717) is 0 Å². The van der Waals surface area contributed by atoms with Crippen LogP contribution >= 0.6 is 11.8 Å². The molecule has 84 valence electrons. The van der Waals surface area contributed by atoms with Gasteiger partial charge in [0.1, 0.15) is 10.7 Å². The zero-order chi connectivity index (χ0) is 11.7. The Bertz CT molecular complexity index is 556. The summed E-state index contributed by atoms with van der Waals surface area (Å²) in [5.74, 6) is 0. The summed E-state index contributed by atoms with van der Waals surface area (Å²) in [7, 11) is 1.78. The van der Waals surface area contributed by atoms with Gasteiger partial charge in [-0.2, -0.15) is 5.10 Å². The summed E-state index contributed by atoms with van der Waals surface area (Å²) in [6, 6.07) is 2.03. The van der Waals surface area contributed by atoms with Gasteiger partial charge >= 0.3 is 0 Å². The molecule has 0 unspecified atom stereocenters. The molecule has 0 saturated heterocycles. The lowest BCUT2D eigenvalue weighted by molar-refractivity contribution is 0.918. The van der Waals surface area contributed by atoms with E-state index in [-0.39, 0.29) is 0 Å². The molecule has 0 spiro atoms. The van der Waals surface area contributed by atoms with E-state index in [1.807, 2.05) is 36.9 Å². The lowest BCUT2D eigenvalue weighted by Crippen LogP contribution is -2.04. The maximum absolute atomic E-state index is 4.50. The zero-order valence-corrected chi connectivity index (χ0v) is 10.7. The largest absolute Gasteiger partial charge is 0.279 e. The molecule has 0 atom stereocenters. The molecule has 0 aromatic carbocycles. The second kappa shape index (κ2) is 4.25. The summed E-state index contributed by atoms with van der Waals surface area (Å²) in [6.07, 6.45) is 3.93. The molecule has 4 nitrogen and oxygen atoms in total. The molecule has 2 aromatic rings. The normalized spacial score (nSPS) is 12.4. The summed E-state index contributed by atoms with van der Waals surface area (Å²) in [5.41, 5.74) is 3.91. The van der Waals surface area contributed by atoms with Gasteiger partial charge in [0.05, 0.1) is 11.9 Å². The minimum Gasteiger partial charge on any atom is -0.279 e. The van der Waals surface area contributed by atoms with Crippen LogP contribution in [0, 0.1) is 13.8 Å². The standard InChI is InChI=1S/C11H14N4S/c1-7-5-9(11(12-3)16-4)14-15-6-8(2)13-10(7)15/h5-6H,1-4H3/b12-11-. The first-order chi connectivity index (χ1) is 7.65. The van der Waals surface area contributed by atoms with E-state index in [2.05, 4.69) is 15.1 Å². The van der Waals surface area contributed by atoms with Crippen LogP contribution in [-0.4, -0.2) is 32.9 Å². The van der Waals surface area contributed by atoms with Gasteiger partial charge in [-0.15, -0.1) is 11.8 Å². The van der Waals surface area contributed by atoms with Crippen molar-refractivity contribution in [1.29, 1.82) is 0 Å². The molecule has 2 aromatic heterocycles. The Balaban J connectivity index is 2.65. The van der Waals surface area contributed by atoms with E-state index < -0.39 is 0 Å². The molecular formula is C11H14N4S. The molecule has 0 amide bonds. The Labute approximate surface area is 98.8 Å². The molecule has 0 aliphatic carbocycles. The molecule has 0 aliphatic heterocycles. The number of imidazole rings is 1. The number of rotatable bonds is 1. The van der Waals surface area contributed by atoms with Gasteiger partial charge in [-0.05, 0) is 31.7 Å². The molecule has 0 bridgehead atoms. The second-order valence-corrected chi connectivity index (χ2v) is 4.39. The Hall–Kier alpha value is -1.36. The number of aromatic nitrogens is 3. The minimum atomic E-state index is 0.900. The Morgan fingerprint density at radius 2 is 2.19 bits per heavy atom. The fraction of sp³-hybridized carbons (Fsp3) is 0.364. The molecule has 0 N–H and O–H groups in total. The highest BCUT2D eigenvalue weighted by atomic mass is 32.2. The molecular weight excluding hydrogens is 220 g/mol. The van der Waals surface area contributed by atoms with Crippen LogP contribution in [0.5, 0.6) is 0 Å². The lowest BCUT2D eigenvalue weighted by atomic mass is 10.3. The highest BCUT2D eigenvalue weighted by Crippen LogP contribution is 2.14. The van der Waals surface area contributed by atoms with Gasteiger partial charge in [0.2, 0.25) is 0 Å². The van der Waals surface area contributed by atoms with Crippen molar-refractivity contribution >= 4 is 22.5 Å². The minimum absolute atomic E-state index is 0.900. The summed E-state index contributed by atoms with van der Waals surface area (Å²) < 4.78 is 1.82. The molecule has 2 rings (SSSR count). The first-order valence-electron chi connectivity index (χ1n) is 5.00. The molecule has 5 heteroatoms. The van der Waals surface area contributed by atoms with Crippen LogP contribution in [-0.2, 0) is 0 Å². The topological polar surface area (TPSA) is 42.5 Å². The van der Waals surface area contributed by atoms with E-state index >= 15 is 0 Å². The summed E-state index contributed by atoms with van der Waals surface area (Å²) in [4.78, 5) is 8.63. The smallest absolute Gasteiger partial charge is 0.156 e. The first-order valence-corrected chi connectivity index (χ1v) is 6.23. The van der Waals surface area contributed by atoms with Crippen LogP contribution in [0.25, 0.3) is 5.65 Å². The van der Waals surface area contributed by atoms with Crippen molar-refractivity contribution in [2.45, 2.75) is 13.8 Å². The molecule has 0 fully saturated rings. The number of thioether (sulfide) groups is 1. The average Bonchev–Trinajstić information content (AvgIpc) is 2.61. The van der Waals surface area contributed by atoms with Gasteiger partial charge in [-0.1, -0.05) is 0 Å². The van der Waals surface area contributed by atoms with Gasteiger partial charge in [-0.25, -0.2) is 9.50 Å². The van der Waals surface area contributed by atoms with Crippen molar-refractivity contribution in [3.8, 4) is 0 Å². The number of hydrogen-bond donors (Lipinski definition) is 0. The van der Waals surface area contributed by atoms with Crippen LogP contribution in [0.2, 0.25) is 0 Å². The van der Waals surface area contributed by atoms with Crippen LogP contribution in [0.3, 0.4) is 0 Å². The molecule has 0 radical (unpaired) electrons. The number of fused-ring (bicyclic) bond motifs is 1. The molecule has 16 heavy (non-hydrogen) atoms. The van der Waals surface area contributed by atoms with Crippen molar-refractivity contribution in [2.75, 3.05) is 13.3 Å². The number of aliphatic imine (C=N–C) groups is 1. The first kappa shape index (κ1) is 11.1. The molecule has 2 heterocycles. The second-order valence-electron chi connectivity index (χ2n) is 3.60. The summed E-state index contributed by atoms with van der Waals surface area (Å²) >= 11 is 1.60. The van der Waals surface area contributed by atoms with Gasteiger partial charge in [0.25, 0.3) is 0 Å². The number of aryl methyl sites for hydroxylation is 2. The van der Waals surface area contributed by atoms with Gasteiger partial charge in [0.15, 0.2) is 5.65 Å². The van der Waals surface area contributed by atoms with Gasteiger partial charge in [0, 0.05) is 7.05 Å². The number of nitrogens with zero attached hydrogens (tertiary/aromatic N) is 4. The van der Waals surface area contributed by atoms with E-state index in [1.165, 1.54) is 0 Å². The van der Waals surface area contributed by atoms with Crippen LogP contribution in [0.1, 0.15) is 17.0 Å². The maximum atomic E-state index is 4.50. The van der Waals surface area contributed by atoms with E-state index in [0.717, 1.165) is 27.6 Å². The molecule has 0 aliphatic rings. The highest BCUT2D eigenvalue weighted by Gasteiger charge is 2.08. The van der Waals surface area contributed by atoms with E-state index in [1.54, 1.807) is 18.8 Å². The third-order valence-corrected chi connectivity index (χ3v) is 3.12. The summed E-state index contributed by atoms with van der Waals surface area (Å²) in [6.45, 7) is 4.01. The van der Waals surface area contributed by atoms with E-state index in [9.17, 15) is 0 Å². The predicted molar refractivity (Wildman–Crippen MR) is 68.4 cm³/mol. The van der Waals surface area contributed by atoms with Crippen LogP contribution < -0.4 is 0 Å². The number of hydrogen-bond acceptors (Lipinski definition) is 4. The lowest BCUT2D eigenvalue weighted by Gasteiger charge is -2.04. The van der Waals surface area contributed by atoms with Crippen LogP contribution in [0.15, 0.2) is 17.3 Å². The average molecular weight is 234 g/mol. The Morgan fingerprint density at radius 1 is 1.44 bits per heavy atom. The van der Waals surface area contributed by atoms with E-state index in [4.69, 9.17) is 0 Å². The Morgan fingerprint density at radius 3 is 2.81 bits per heavy atom. The highest BCUT2D eigenvalue weighted by molar-refractivity contribution is 8.13. The van der Waals surface area contributed by atoms with Crippen molar-refractivity contribution < 1.29 is 0 Å². The van der Waals surface area contributed by atoms with Crippen molar-refractivity contribution in [1.82, 2.24) is 14.6 Å². The van der Waals surface area contributed by atoms with Crippen molar-refractivity contribution in [3.63, 3.8) is 0 Å². The zero-order valence-electron chi connectivity index (χ0n) is 9.85. The SMILES string of the molecule is C/N=C(\SC)c1cc(C)c2nc(C)cn2n1. The Kier molecular flexibility index (Phi) is 2.96. The van der Waals surface area contributed by atoms with Crippen LogP contribution in [0.4, 0.5) is 0 Å². The third-order valence-electron chi connectivity index (χ3n) is 2.35.